The van der Waals surface area contributed by atoms with E-state index in [4.69, 9.17) is 4.74 Å². The van der Waals surface area contributed by atoms with Crippen LogP contribution in [0.4, 0.5) is 0 Å². The van der Waals surface area contributed by atoms with Crippen LogP contribution in [0.3, 0.4) is 0 Å². The number of esters is 2. The molecule has 0 saturated carbocycles. The molecule has 0 fully saturated rings. The van der Waals surface area contributed by atoms with Crippen LogP contribution in [0.2, 0.25) is 0 Å². The van der Waals surface area contributed by atoms with E-state index >= 15 is 0 Å². The first-order valence-corrected chi connectivity index (χ1v) is 7.18. The van der Waals surface area contributed by atoms with Gasteiger partial charge in [-0.25, -0.2) is 4.79 Å². The van der Waals surface area contributed by atoms with Crippen LogP contribution in [0.15, 0.2) is 66.7 Å². The van der Waals surface area contributed by atoms with Gasteiger partial charge in [-0.05, 0) is 23.1 Å². The van der Waals surface area contributed by atoms with E-state index in [0.29, 0.717) is 0 Å². The van der Waals surface area contributed by atoms with Gasteiger partial charge in [0.15, 0.2) is 0 Å². The predicted molar refractivity (Wildman–Crippen MR) is 86.0 cm³/mol. The lowest BCUT2D eigenvalue weighted by atomic mass is 9.98. The first-order chi connectivity index (χ1) is 10.6. The molecule has 0 radical (unpaired) electrons. The van der Waals surface area contributed by atoms with Gasteiger partial charge in [0.25, 0.3) is 0 Å². The zero-order chi connectivity index (χ0) is 15.8. The molecule has 112 valence electrons. The lowest BCUT2D eigenvalue weighted by Gasteiger charge is -2.09. The number of hydrogen-bond donors (Lipinski definition) is 0. The predicted octanol–water partition coefficient (Wildman–Crippen LogP) is 3.96. The minimum Gasteiger partial charge on any atom is -0.390 e. The zero-order valence-electron chi connectivity index (χ0n) is 12.4. The van der Waals surface area contributed by atoms with Gasteiger partial charge >= 0.3 is 11.9 Å². The Morgan fingerprint density at radius 3 is 2.23 bits per heavy atom. The van der Waals surface area contributed by atoms with E-state index in [2.05, 4.69) is 0 Å². The molecule has 22 heavy (non-hydrogen) atoms. The van der Waals surface area contributed by atoms with Crippen LogP contribution >= 0.6 is 0 Å². The molecule has 1 unspecified atom stereocenters. The molecule has 0 aliphatic heterocycles. The fraction of sp³-hybridized carbons (Fsp3) is 0.158. The highest BCUT2D eigenvalue weighted by Gasteiger charge is 2.14. The Hall–Kier alpha value is -2.68. The highest BCUT2D eigenvalue weighted by molar-refractivity contribution is 5.94. The van der Waals surface area contributed by atoms with Crippen molar-refractivity contribution in [1.82, 2.24) is 0 Å². The van der Waals surface area contributed by atoms with Crippen molar-refractivity contribution in [2.75, 3.05) is 0 Å². The van der Waals surface area contributed by atoms with Gasteiger partial charge in [-0.15, -0.1) is 0 Å². The maximum Gasteiger partial charge on any atom is 0.338 e. The SMILES string of the molecule is CC(CC(=O)OC(=O)/C=C/c1ccccc1)c1ccccc1. The van der Waals surface area contributed by atoms with E-state index < -0.39 is 11.9 Å². The van der Waals surface area contributed by atoms with Crippen LogP contribution < -0.4 is 0 Å². The average Bonchev–Trinajstić information content (AvgIpc) is 2.54. The van der Waals surface area contributed by atoms with Crippen molar-refractivity contribution in [3.8, 4) is 0 Å². The summed E-state index contributed by atoms with van der Waals surface area (Å²) in [5, 5.41) is 0. The normalized spacial score (nSPS) is 12.0. The molecule has 3 heteroatoms. The molecule has 0 bridgehead atoms. The maximum absolute atomic E-state index is 11.8. The van der Waals surface area contributed by atoms with Gasteiger partial charge in [0.05, 0.1) is 6.42 Å². The monoisotopic (exact) mass is 294 g/mol. The van der Waals surface area contributed by atoms with Crippen molar-refractivity contribution in [3.05, 3.63) is 77.9 Å². The van der Waals surface area contributed by atoms with Gasteiger partial charge in [-0.3, -0.25) is 4.79 Å². The Morgan fingerprint density at radius 2 is 1.59 bits per heavy atom. The summed E-state index contributed by atoms with van der Waals surface area (Å²) in [4.78, 5) is 23.4. The highest BCUT2D eigenvalue weighted by atomic mass is 16.6. The van der Waals surface area contributed by atoms with Crippen LogP contribution in [-0.2, 0) is 14.3 Å². The van der Waals surface area contributed by atoms with E-state index in [1.165, 1.54) is 6.08 Å². The van der Waals surface area contributed by atoms with Crippen molar-refractivity contribution in [3.63, 3.8) is 0 Å². The van der Waals surface area contributed by atoms with E-state index in [0.717, 1.165) is 11.1 Å². The van der Waals surface area contributed by atoms with E-state index in [1.54, 1.807) is 6.08 Å². The van der Waals surface area contributed by atoms with Crippen LogP contribution in [0.1, 0.15) is 30.4 Å². The molecular formula is C19H18O3. The van der Waals surface area contributed by atoms with Crippen LogP contribution in [-0.4, -0.2) is 11.9 Å². The van der Waals surface area contributed by atoms with E-state index in [-0.39, 0.29) is 12.3 Å². The van der Waals surface area contributed by atoms with Crippen LogP contribution in [0, 0.1) is 0 Å². The molecule has 0 amide bonds. The first-order valence-electron chi connectivity index (χ1n) is 7.18. The van der Waals surface area contributed by atoms with Crippen molar-refractivity contribution in [1.29, 1.82) is 0 Å². The molecule has 2 aromatic rings. The second-order valence-corrected chi connectivity index (χ2v) is 5.05. The molecule has 0 aliphatic carbocycles. The summed E-state index contributed by atoms with van der Waals surface area (Å²) in [6.45, 7) is 1.93. The summed E-state index contributed by atoms with van der Waals surface area (Å²) in [7, 11) is 0. The molecule has 2 aromatic carbocycles. The third-order valence-electron chi connectivity index (χ3n) is 3.27. The Morgan fingerprint density at radius 1 is 1.00 bits per heavy atom. The lowest BCUT2D eigenvalue weighted by molar-refractivity contribution is -0.156. The molecule has 3 nitrogen and oxygen atoms in total. The molecular weight excluding hydrogens is 276 g/mol. The Labute approximate surface area is 130 Å². The number of benzene rings is 2. The summed E-state index contributed by atoms with van der Waals surface area (Å²) < 4.78 is 4.80. The molecule has 0 spiro atoms. The number of carbonyl (C=O) groups excluding carboxylic acids is 2. The standard InChI is InChI=1S/C19H18O3/c1-15(17-10-6-3-7-11-17)14-19(21)22-18(20)13-12-16-8-4-2-5-9-16/h2-13,15H,14H2,1H3/b13-12+. The first kappa shape index (κ1) is 15.7. The fourth-order valence-electron chi connectivity index (χ4n) is 2.07. The second-order valence-electron chi connectivity index (χ2n) is 5.05. The fourth-order valence-corrected chi connectivity index (χ4v) is 2.07. The maximum atomic E-state index is 11.8. The zero-order valence-corrected chi connectivity index (χ0v) is 12.4. The van der Waals surface area contributed by atoms with Crippen molar-refractivity contribution < 1.29 is 14.3 Å². The smallest absolute Gasteiger partial charge is 0.338 e. The Balaban J connectivity index is 1.84. The molecule has 0 aliphatic rings. The molecule has 2 rings (SSSR count). The largest absolute Gasteiger partial charge is 0.390 e. The van der Waals surface area contributed by atoms with Gasteiger partial charge in [0.2, 0.25) is 0 Å². The quantitative estimate of drug-likeness (QED) is 0.476. The molecule has 1 atom stereocenters. The lowest BCUT2D eigenvalue weighted by Crippen LogP contribution is -2.12. The number of hydrogen-bond acceptors (Lipinski definition) is 3. The molecule has 0 aromatic heterocycles. The highest BCUT2D eigenvalue weighted by Crippen LogP contribution is 2.18. The number of ether oxygens (including phenoxy) is 1. The Bertz CT molecular complexity index is 645. The number of carbonyl (C=O) groups is 2. The van der Waals surface area contributed by atoms with Gasteiger partial charge in [0, 0.05) is 6.08 Å². The van der Waals surface area contributed by atoms with Gasteiger partial charge in [-0.2, -0.15) is 0 Å². The van der Waals surface area contributed by atoms with Gasteiger partial charge in [0.1, 0.15) is 0 Å². The molecule has 0 saturated heterocycles. The summed E-state index contributed by atoms with van der Waals surface area (Å²) in [5.41, 5.74) is 1.93. The molecule has 0 heterocycles. The minimum absolute atomic E-state index is 0.0135. The second kappa shape index (κ2) is 7.93. The van der Waals surface area contributed by atoms with Crippen molar-refractivity contribution in [2.24, 2.45) is 0 Å². The molecule has 0 N–H and O–H groups in total. The van der Waals surface area contributed by atoms with Crippen molar-refractivity contribution >= 4 is 18.0 Å². The van der Waals surface area contributed by atoms with E-state index in [9.17, 15) is 9.59 Å². The summed E-state index contributed by atoms with van der Waals surface area (Å²) >= 11 is 0. The summed E-state index contributed by atoms with van der Waals surface area (Å²) in [5.74, 6) is -1.15. The minimum atomic E-state index is -0.644. The topological polar surface area (TPSA) is 43.4 Å². The Kier molecular flexibility index (Phi) is 5.66. The average molecular weight is 294 g/mol. The third-order valence-corrected chi connectivity index (χ3v) is 3.27. The third kappa shape index (κ3) is 5.02. The van der Waals surface area contributed by atoms with Crippen molar-refractivity contribution in [2.45, 2.75) is 19.3 Å². The van der Waals surface area contributed by atoms with Gasteiger partial charge < -0.3 is 4.74 Å². The van der Waals surface area contributed by atoms with Gasteiger partial charge in [-0.1, -0.05) is 67.6 Å². The summed E-state index contributed by atoms with van der Waals surface area (Å²) in [6, 6.07) is 19.0. The van der Waals surface area contributed by atoms with E-state index in [1.807, 2.05) is 67.6 Å². The number of rotatable bonds is 5. The summed E-state index contributed by atoms with van der Waals surface area (Å²) in [6.07, 6.45) is 3.06. The van der Waals surface area contributed by atoms with Crippen LogP contribution in [0.5, 0.6) is 0 Å². The van der Waals surface area contributed by atoms with Crippen LogP contribution in [0.25, 0.3) is 6.08 Å².